The Labute approximate surface area is 121 Å². The SMILES string of the molecule is CCc1nn(C)c(CC(CNC2CC2)C(C)C)c1Cl. The smallest absolute Gasteiger partial charge is 0.0849 e. The highest BCUT2D eigenvalue weighted by atomic mass is 35.5. The largest absolute Gasteiger partial charge is 0.314 e. The van der Waals surface area contributed by atoms with Gasteiger partial charge >= 0.3 is 0 Å². The number of aromatic nitrogens is 2. The van der Waals surface area contributed by atoms with Crippen LogP contribution in [0.5, 0.6) is 0 Å². The minimum absolute atomic E-state index is 0.623. The first-order chi connectivity index (χ1) is 9.02. The summed E-state index contributed by atoms with van der Waals surface area (Å²) in [7, 11) is 2.01. The molecule has 0 aromatic carbocycles. The van der Waals surface area contributed by atoms with Crippen molar-refractivity contribution in [3.8, 4) is 0 Å². The summed E-state index contributed by atoms with van der Waals surface area (Å²) in [6, 6.07) is 0.773. The predicted octanol–water partition coefficient (Wildman–Crippen LogP) is 3.20. The fourth-order valence-corrected chi connectivity index (χ4v) is 2.81. The Balaban J connectivity index is 2.04. The Morgan fingerprint density at radius 3 is 2.58 bits per heavy atom. The molecule has 0 radical (unpaired) electrons. The van der Waals surface area contributed by atoms with Crippen LogP contribution in [0.1, 0.15) is 45.0 Å². The third-order valence-electron chi connectivity index (χ3n) is 4.15. The normalized spacial score (nSPS) is 17.2. The van der Waals surface area contributed by atoms with Crippen LogP contribution in [0.25, 0.3) is 0 Å². The van der Waals surface area contributed by atoms with E-state index in [0.717, 1.165) is 36.1 Å². The first-order valence-electron chi connectivity index (χ1n) is 7.46. The molecule has 1 atom stereocenters. The standard InChI is InChI=1S/C15H26ClN3/c1-5-13-15(16)14(19(4)18-13)8-11(10(2)3)9-17-12-6-7-12/h10-12,17H,5-9H2,1-4H3. The van der Waals surface area contributed by atoms with Gasteiger partial charge in [-0.1, -0.05) is 32.4 Å². The Morgan fingerprint density at radius 1 is 1.42 bits per heavy atom. The van der Waals surface area contributed by atoms with Crippen LogP contribution >= 0.6 is 11.6 Å². The van der Waals surface area contributed by atoms with Gasteiger partial charge in [-0.25, -0.2) is 0 Å². The van der Waals surface area contributed by atoms with E-state index in [1.165, 1.54) is 18.5 Å². The van der Waals surface area contributed by atoms with Crippen molar-refractivity contribution < 1.29 is 0 Å². The van der Waals surface area contributed by atoms with Crippen LogP contribution in [-0.4, -0.2) is 22.4 Å². The number of nitrogens with zero attached hydrogens (tertiary/aromatic N) is 2. The Kier molecular flexibility index (Phi) is 4.91. The first-order valence-corrected chi connectivity index (χ1v) is 7.84. The lowest BCUT2D eigenvalue weighted by Crippen LogP contribution is -2.29. The fourth-order valence-electron chi connectivity index (χ4n) is 2.44. The molecule has 108 valence electrons. The van der Waals surface area contributed by atoms with E-state index >= 15 is 0 Å². The Morgan fingerprint density at radius 2 is 2.11 bits per heavy atom. The number of aryl methyl sites for hydroxylation is 2. The zero-order valence-corrected chi connectivity index (χ0v) is 13.3. The van der Waals surface area contributed by atoms with Gasteiger partial charge in [0.25, 0.3) is 0 Å². The third kappa shape index (κ3) is 3.73. The maximum absolute atomic E-state index is 6.45. The highest BCUT2D eigenvalue weighted by Crippen LogP contribution is 2.27. The summed E-state index contributed by atoms with van der Waals surface area (Å²) in [5, 5.41) is 9.04. The first kappa shape index (κ1) is 14.9. The molecule has 1 saturated carbocycles. The molecule has 4 heteroatoms. The maximum Gasteiger partial charge on any atom is 0.0849 e. The number of nitrogens with one attached hydrogen (secondary N) is 1. The van der Waals surface area contributed by atoms with Crippen LogP contribution in [0, 0.1) is 11.8 Å². The Hall–Kier alpha value is -0.540. The van der Waals surface area contributed by atoms with Crippen LogP contribution in [0.2, 0.25) is 5.02 Å². The summed E-state index contributed by atoms with van der Waals surface area (Å²) in [6.07, 6.45) is 4.60. The van der Waals surface area contributed by atoms with Gasteiger partial charge in [0.1, 0.15) is 0 Å². The summed E-state index contributed by atoms with van der Waals surface area (Å²) < 4.78 is 1.97. The molecule has 1 heterocycles. The van der Waals surface area contributed by atoms with E-state index in [4.69, 9.17) is 11.6 Å². The molecule has 0 bridgehead atoms. The zero-order valence-electron chi connectivity index (χ0n) is 12.5. The molecule has 1 aromatic rings. The van der Waals surface area contributed by atoms with Crippen molar-refractivity contribution in [3.63, 3.8) is 0 Å². The maximum atomic E-state index is 6.45. The van der Waals surface area contributed by atoms with Gasteiger partial charge in [0.15, 0.2) is 0 Å². The van der Waals surface area contributed by atoms with Crippen molar-refractivity contribution in [1.29, 1.82) is 0 Å². The van der Waals surface area contributed by atoms with Crippen LogP contribution in [0.4, 0.5) is 0 Å². The summed E-state index contributed by atoms with van der Waals surface area (Å²) >= 11 is 6.45. The van der Waals surface area contributed by atoms with E-state index in [0.29, 0.717) is 11.8 Å². The highest BCUT2D eigenvalue weighted by Gasteiger charge is 2.25. The molecule has 1 aromatic heterocycles. The van der Waals surface area contributed by atoms with Crippen molar-refractivity contribution in [2.45, 2.75) is 52.5 Å². The van der Waals surface area contributed by atoms with Crippen LogP contribution in [0.3, 0.4) is 0 Å². The summed E-state index contributed by atoms with van der Waals surface area (Å²) in [5.41, 5.74) is 2.21. The number of rotatable bonds is 7. The van der Waals surface area contributed by atoms with Crippen LogP contribution in [-0.2, 0) is 19.9 Å². The average Bonchev–Trinajstić information content (AvgIpc) is 3.14. The second kappa shape index (κ2) is 6.27. The van der Waals surface area contributed by atoms with E-state index in [1.807, 2.05) is 11.7 Å². The Bertz CT molecular complexity index is 421. The van der Waals surface area contributed by atoms with Gasteiger partial charge in [-0.05, 0) is 44.1 Å². The molecule has 3 nitrogen and oxygen atoms in total. The molecule has 1 aliphatic carbocycles. The van der Waals surface area contributed by atoms with E-state index < -0.39 is 0 Å². The molecule has 1 unspecified atom stereocenters. The molecule has 0 amide bonds. The van der Waals surface area contributed by atoms with E-state index in [2.05, 4.69) is 31.2 Å². The molecule has 2 rings (SSSR count). The van der Waals surface area contributed by atoms with Gasteiger partial charge in [0.2, 0.25) is 0 Å². The van der Waals surface area contributed by atoms with Crippen LogP contribution in [0.15, 0.2) is 0 Å². The lowest BCUT2D eigenvalue weighted by molar-refractivity contribution is 0.352. The molecule has 0 saturated heterocycles. The van der Waals surface area contributed by atoms with Gasteiger partial charge in [-0.3, -0.25) is 4.68 Å². The molecule has 0 spiro atoms. The third-order valence-corrected chi connectivity index (χ3v) is 4.58. The average molecular weight is 284 g/mol. The minimum atomic E-state index is 0.623. The van der Waals surface area contributed by atoms with Crippen molar-refractivity contribution in [2.24, 2.45) is 18.9 Å². The van der Waals surface area contributed by atoms with Gasteiger partial charge < -0.3 is 5.32 Å². The highest BCUT2D eigenvalue weighted by molar-refractivity contribution is 6.31. The number of halogens is 1. The van der Waals surface area contributed by atoms with Crippen LogP contribution < -0.4 is 5.32 Å². The van der Waals surface area contributed by atoms with E-state index in [9.17, 15) is 0 Å². The monoisotopic (exact) mass is 283 g/mol. The molecule has 19 heavy (non-hydrogen) atoms. The zero-order chi connectivity index (χ0) is 14.0. The van der Waals surface area contributed by atoms with Gasteiger partial charge in [0.05, 0.1) is 16.4 Å². The fraction of sp³-hybridized carbons (Fsp3) is 0.800. The minimum Gasteiger partial charge on any atom is -0.314 e. The molecule has 0 aliphatic heterocycles. The number of hydrogen-bond donors (Lipinski definition) is 1. The molecule has 1 fully saturated rings. The second-order valence-electron chi connectivity index (χ2n) is 6.08. The van der Waals surface area contributed by atoms with Gasteiger partial charge in [0, 0.05) is 13.1 Å². The van der Waals surface area contributed by atoms with Crippen molar-refractivity contribution in [2.75, 3.05) is 6.54 Å². The quantitative estimate of drug-likeness (QED) is 0.833. The predicted molar refractivity (Wildman–Crippen MR) is 80.7 cm³/mol. The molecule has 1 N–H and O–H groups in total. The molecule has 1 aliphatic rings. The van der Waals surface area contributed by atoms with E-state index in [-0.39, 0.29) is 0 Å². The summed E-state index contributed by atoms with van der Waals surface area (Å²) in [5.74, 6) is 1.28. The topological polar surface area (TPSA) is 29.9 Å². The summed E-state index contributed by atoms with van der Waals surface area (Å²) in [4.78, 5) is 0. The number of hydrogen-bond acceptors (Lipinski definition) is 2. The van der Waals surface area contributed by atoms with Crippen molar-refractivity contribution >= 4 is 11.6 Å². The lowest BCUT2D eigenvalue weighted by Gasteiger charge is -2.21. The molecular weight excluding hydrogens is 258 g/mol. The van der Waals surface area contributed by atoms with Gasteiger partial charge in [-0.2, -0.15) is 5.10 Å². The lowest BCUT2D eigenvalue weighted by atomic mass is 9.91. The summed E-state index contributed by atoms with van der Waals surface area (Å²) in [6.45, 7) is 7.78. The van der Waals surface area contributed by atoms with Crippen molar-refractivity contribution in [3.05, 3.63) is 16.4 Å². The van der Waals surface area contributed by atoms with Crippen molar-refractivity contribution in [1.82, 2.24) is 15.1 Å². The van der Waals surface area contributed by atoms with E-state index in [1.54, 1.807) is 0 Å². The molecular formula is C15H26ClN3. The second-order valence-corrected chi connectivity index (χ2v) is 6.45. The van der Waals surface area contributed by atoms with Gasteiger partial charge in [-0.15, -0.1) is 0 Å².